The van der Waals surface area contributed by atoms with Gasteiger partial charge in [-0.3, -0.25) is 0 Å². The molecule has 0 amide bonds. The highest BCUT2D eigenvalue weighted by Crippen LogP contribution is 2.04. The van der Waals surface area contributed by atoms with Crippen LogP contribution in [0.3, 0.4) is 0 Å². The van der Waals surface area contributed by atoms with E-state index in [1.54, 1.807) is 0 Å². The minimum atomic E-state index is 0. The van der Waals surface area contributed by atoms with Gasteiger partial charge in [-0.25, -0.2) is 0 Å². The molecule has 0 aromatic heterocycles. The van der Waals surface area contributed by atoms with Crippen LogP contribution in [-0.2, 0) is 12.8 Å². The molecule has 20 heavy (non-hydrogen) atoms. The number of nitrogens with one attached hydrogen (secondary N) is 1. The van der Waals surface area contributed by atoms with E-state index in [4.69, 9.17) is 0 Å². The molecule has 1 N–H and O–H groups in total. The first-order valence-electron chi connectivity index (χ1n) is 7.16. The number of aryl methyl sites for hydroxylation is 1. The van der Waals surface area contributed by atoms with Crippen LogP contribution in [-0.4, -0.2) is 12.6 Å². The molecule has 0 saturated carbocycles. The van der Waals surface area contributed by atoms with E-state index in [0.717, 1.165) is 19.4 Å². The number of hydrogen-bond acceptors (Lipinski definition) is 1. The summed E-state index contributed by atoms with van der Waals surface area (Å²) in [5.41, 5.74) is 2.84. The molecular formula is C19H27N. The highest BCUT2D eigenvalue weighted by atomic mass is 14.9. The van der Waals surface area contributed by atoms with E-state index < -0.39 is 0 Å². The molecule has 2 aromatic carbocycles. The highest BCUT2D eigenvalue weighted by molar-refractivity contribution is 5.16. The molecule has 1 heteroatoms. The van der Waals surface area contributed by atoms with Gasteiger partial charge in [0.25, 0.3) is 0 Å². The van der Waals surface area contributed by atoms with Gasteiger partial charge >= 0.3 is 0 Å². The normalized spacial score (nSPS) is 11.7. The zero-order valence-corrected chi connectivity index (χ0v) is 11.7. The lowest BCUT2D eigenvalue weighted by atomic mass is 10.1. The Labute approximate surface area is 124 Å². The maximum absolute atomic E-state index is 3.60. The largest absolute Gasteiger partial charge is 0.314 e. The molecule has 2 aromatic rings. The highest BCUT2D eigenvalue weighted by Gasteiger charge is 2.02. The van der Waals surface area contributed by atoms with Gasteiger partial charge in [-0.1, -0.05) is 68.1 Å². The summed E-state index contributed by atoms with van der Waals surface area (Å²) in [5.74, 6) is 0. The van der Waals surface area contributed by atoms with Gasteiger partial charge in [-0.2, -0.15) is 0 Å². The van der Waals surface area contributed by atoms with Crippen molar-refractivity contribution in [1.82, 2.24) is 5.32 Å². The summed E-state index contributed by atoms with van der Waals surface area (Å²) in [5, 5.41) is 3.60. The summed E-state index contributed by atoms with van der Waals surface area (Å²) < 4.78 is 0. The summed E-state index contributed by atoms with van der Waals surface area (Å²) in [6.45, 7) is 3.35. The van der Waals surface area contributed by atoms with Crippen molar-refractivity contribution < 1.29 is 0 Å². The summed E-state index contributed by atoms with van der Waals surface area (Å²) >= 11 is 0. The SMILES string of the molecule is C.C[C@H](Cc1ccccc1)NCCCc1ccccc1. The van der Waals surface area contributed by atoms with Gasteiger partial charge in [-0.15, -0.1) is 0 Å². The van der Waals surface area contributed by atoms with Crippen molar-refractivity contribution in [3.05, 3.63) is 71.8 Å². The van der Waals surface area contributed by atoms with E-state index >= 15 is 0 Å². The van der Waals surface area contributed by atoms with Crippen molar-refractivity contribution in [2.45, 2.75) is 39.7 Å². The van der Waals surface area contributed by atoms with E-state index in [2.05, 4.69) is 72.9 Å². The van der Waals surface area contributed by atoms with Crippen LogP contribution in [0.25, 0.3) is 0 Å². The molecule has 0 spiro atoms. The third kappa shape index (κ3) is 6.03. The van der Waals surface area contributed by atoms with E-state index in [1.807, 2.05) is 0 Å². The Bertz CT molecular complexity index is 450. The van der Waals surface area contributed by atoms with Crippen LogP contribution in [0, 0.1) is 0 Å². The Kier molecular flexibility index (Phi) is 7.67. The Balaban J connectivity index is 0.00000200. The second-order valence-electron chi connectivity index (χ2n) is 5.13. The monoisotopic (exact) mass is 269 g/mol. The minimum Gasteiger partial charge on any atom is -0.314 e. The smallest absolute Gasteiger partial charge is 0.00791 e. The lowest BCUT2D eigenvalue weighted by molar-refractivity contribution is 0.534. The van der Waals surface area contributed by atoms with Crippen LogP contribution in [0.4, 0.5) is 0 Å². The van der Waals surface area contributed by atoms with Crippen molar-refractivity contribution >= 4 is 0 Å². The first-order valence-corrected chi connectivity index (χ1v) is 7.16. The topological polar surface area (TPSA) is 12.0 Å². The molecule has 2 rings (SSSR count). The molecule has 0 aliphatic carbocycles. The van der Waals surface area contributed by atoms with E-state index in [-0.39, 0.29) is 7.43 Å². The summed E-state index contributed by atoms with van der Waals surface area (Å²) in [7, 11) is 0. The summed E-state index contributed by atoms with van der Waals surface area (Å²) in [4.78, 5) is 0. The average molecular weight is 269 g/mol. The van der Waals surface area contributed by atoms with Gasteiger partial charge in [0.15, 0.2) is 0 Å². The van der Waals surface area contributed by atoms with Gasteiger partial charge in [0, 0.05) is 6.04 Å². The van der Waals surface area contributed by atoms with E-state index in [9.17, 15) is 0 Å². The molecule has 0 unspecified atom stereocenters. The predicted octanol–water partition coefficient (Wildman–Crippen LogP) is 4.48. The van der Waals surface area contributed by atoms with Crippen LogP contribution >= 0.6 is 0 Å². The van der Waals surface area contributed by atoms with Crippen LogP contribution in [0.1, 0.15) is 31.9 Å². The van der Waals surface area contributed by atoms with Crippen molar-refractivity contribution in [3.63, 3.8) is 0 Å². The fourth-order valence-electron chi connectivity index (χ4n) is 2.33. The predicted molar refractivity (Wildman–Crippen MR) is 89.1 cm³/mol. The minimum absolute atomic E-state index is 0. The fraction of sp³-hybridized carbons (Fsp3) is 0.368. The molecule has 0 radical (unpaired) electrons. The molecule has 0 bridgehead atoms. The third-order valence-electron chi connectivity index (χ3n) is 3.36. The lowest BCUT2D eigenvalue weighted by Crippen LogP contribution is -2.29. The van der Waals surface area contributed by atoms with Crippen molar-refractivity contribution in [2.75, 3.05) is 6.54 Å². The van der Waals surface area contributed by atoms with Crippen molar-refractivity contribution in [2.24, 2.45) is 0 Å². The van der Waals surface area contributed by atoms with Gasteiger partial charge in [0.05, 0.1) is 0 Å². The summed E-state index contributed by atoms with van der Waals surface area (Å²) in [6.07, 6.45) is 3.46. The maximum Gasteiger partial charge on any atom is 0.00791 e. The van der Waals surface area contributed by atoms with Crippen molar-refractivity contribution in [3.8, 4) is 0 Å². The Morgan fingerprint density at radius 1 is 0.850 bits per heavy atom. The standard InChI is InChI=1S/C18H23N.CH4/c1-16(15-18-11-6-3-7-12-18)19-14-8-13-17-9-4-2-5-10-17;/h2-7,9-12,16,19H,8,13-15H2,1H3;1H4/t16-;/m1./s1. The quantitative estimate of drug-likeness (QED) is 0.731. The second kappa shape index (κ2) is 9.33. The van der Waals surface area contributed by atoms with Gasteiger partial charge in [0.2, 0.25) is 0 Å². The van der Waals surface area contributed by atoms with Crippen molar-refractivity contribution in [1.29, 1.82) is 0 Å². The van der Waals surface area contributed by atoms with Crippen LogP contribution < -0.4 is 5.32 Å². The van der Waals surface area contributed by atoms with Crippen LogP contribution in [0.15, 0.2) is 60.7 Å². The molecule has 1 nitrogen and oxygen atoms in total. The molecule has 0 fully saturated rings. The lowest BCUT2D eigenvalue weighted by Gasteiger charge is -2.13. The zero-order valence-electron chi connectivity index (χ0n) is 11.7. The molecule has 0 saturated heterocycles. The van der Waals surface area contributed by atoms with Gasteiger partial charge < -0.3 is 5.32 Å². The van der Waals surface area contributed by atoms with Gasteiger partial charge in [0.1, 0.15) is 0 Å². The molecular weight excluding hydrogens is 242 g/mol. The molecule has 1 atom stereocenters. The fourth-order valence-corrected chi connectivity index (χ4v) is 2.33. The Hall–Kier alpha value is -1.60. The number of rotatable bonds is 7. The third-order valence-corrected chi connectivity index (χ3v) is 3.36. The Morgan fingerprint density at radius 3 is 2.00 bits per heavy atom. The molecule has 0 heterocycles. The number of benzene rings is 2. The molecule has 0 aliphatic rings. The van der Waals surface area contributed by atoms with Crippen LogP contribution in [0.2, 0.25) is 0 Å². The first kappa shape index (κ1) is 16.5. The zero-order chi connectivity index (χ0) is 13.3. The van der Waals surface area contributed by atoms with Gasteiger partial charge in [-0.05, 0) is 43.9 Å². The molecule has 108 valence electrons. The van der Waals surface area contributed by atoms with Crippen LogP contribution in [0.5, 0.6) is 0 Å². The molecule has 0 aliphatic heterocycles. The average Bonchev–Trinajstić information content (AvgIpc) is 2.46. The maximum atomic E-state index is 3.60. The number of hydrogen-bond donors (Lipinski definition) is 1. The summed E-state index contributed by atoms with van der Waals surface area (Å²) in [6, 6.07) is 21.9. The Morgan fingerprint density at radius 2 is 1.40 bits per heavy atom. The van der Waals surface area contributed by atoms with E-state index in [0.29, 0.717) is 6.04 Å². The first-order chi connectivity index (χ1) is 9.34. The van der Waals surface area contributed by atoms with E-state index in [1.165, 1.54) is 17.5 Å². The second-order valence-corrected chi connectivity index (χ2v) is 5.13.